The number of ether oxygens (including phenoxy) is 1. The number of carbonyl (C=O) groups is 2. The predicted octanol–water partition coefficient (Wildman–Crippen LogP) is 2.58. The van der Waals surface area contributed by atoms with Crippen molar-refractivity contribution in [3.8, 4) is 5.75 Å². The third kappa shape index (κ3) is 3.96. The van der Waals surface area contributed by atoms with E-state index >= 15 is 0 Å². The lowest BCUT2D eigenvalue weighted by Crippen LogP contribution is -2.29. The van der Waals surface area contributed by atoms with Gasteiger partial charge >= 0.3 is 5.97 Å². The Hall–Kier alpha value is -2.06. The van der Waals surface area contributed by atoms with Gasteiger partial charge in [0, 0.05) is 20.0 Å². The van der Waals surface area contributed by atoms with E-state index in [1.165, 1.54) is 16.7 Å². The molecular formula is C17H18N2O4S2. The molecule has 1 fully saturated rings. The van der Waals surface area contributed by atoms with Gasteiger partial charge in [-0.1, -0.05) is 30.0 Å². The van der Waals surface area contributed by atoms with Crippen LogP contribution in [0.4, 0.5) is 5.69 Å². The highest BCUT2D eigenvalue weighted by Gasteiger charge is 2.31. The third-order valence-corrected chi connectivity index (χ3v) is 5.40. The lowest BCUT2D eigenvalue weighted by atomic mass is 10.1. The fraction of sp³-hybridized carbons (Fsp3) is 0.353. The van der Waals surface area contributed by atoms with E-state index in [9.17, 15) is 9.59 Å². The van der Waals surface area contributed by atoms with Crippen molar-refractivity contribution in [2.24, 2.45) is 0 Å². The number of hydrogen-bond donors (Lipinski definition) is 1. The number of thiocarbonyl (C=S) groups is 1. The zero-order valence-corrected chi connectivity index (χ0v) is 15.4. The lowest BCUT2D eigenvalue weighted by molar-refractivity contribution is -0.137. The van der Waals surface area contributed by atoms with Gasteiger partial charge in [-0.25, -0.2) is 0 Å². The van der Waals surface area contributed by atoms with Crippen molar-refractivity contribution >= 4 is 51.9 Å². The normalized spacial score (nSPS) is 18.5. The number of nitrogens with zero attached hydrogens (tertiary/aromatic N) is 2. The molecule has 8 heteroatoms. The largest absolute Gasteiger partial charge is 0.490 e. The van der Waals surface area contributed by atoms with Crippen LogP contribution in [0.15, 0.2) is 23.1 Å². The molecule has 3 rings (SSSR count). The maximum atomic E-state index is 12.5. The molecule has 1 aromatic carbocycles. The van der Waals surface area contributed by atoms with Crippen LogP contribution in [-0.2, 0) is 9.59 Å². The third-order valence-electron chi connectivity index (χ3n) is 4.02. The highest BCUT2D eigenvalue weighted by molar-refractivity contribution is 8.26. The van der Waals surface area contributed by atoms with Gasteiger partial charge in [-0.05, 0) is 30.2 Å². The smallest absolute Gasteiger partial charge is 0.303 e. The van der Waals surface area contributed by atoms with Crippen LogP contribution in [0.1, 0.15) is 18.4 Å². The molecule has 2 aliphatic rings. The van der Waals surface area contributed by atoms with Crippen molar-refractivity contribution in [3.63, 3.8) is 0 Å². The van der Waals surface area contributed by atoms with Gasteiger partial charge in [0.25, 0.3) is 5.91 Å². The number of likely N-dealkylation sites (N-methyl/N-ethyl adjacent to an activating group) is 1. The Morgan fingerprint density at radius 3 is 3.04 bits per heavy atom. The van der Waals surface area contributed by atoms with Crippen molar-refractivity contribution in [3.05, 3.63) is 28.7 Å². The number of anilines is 1. The molecule has 0 spiro atoms. The van der Waals surface area contributed by atoms with Crippen molar-refractivity contribution in [1.29, 1.82) is 0 Å². The molecule has 0 radical (unpaired) electrons. The second-order valence-corrected chi connectivity index (χ2v) is 7.50. The van der Waals surface area contributed by atoms with E-state index < -0.39 is 5.97 Å². The summed E-state index contributed by atoms with van der Waals surface area (Å²) >= 11 is 6.49. The average Bonchev–Trinajstić information content (AvgIpc) is 2.82. The summed E-state index contributed by atoms with van der Waals surface area (Å²) in [6.45, 7) is 1.81. The molecule has 25 heavy (non-hydrogen) atoms. The molecule has 2 heterocycles. The Morgan fingerprint density at radius 1 is 1.48 bits per heavy atom. The van der Waals surface area contributed by atoms with E-state index in [1.807, 2.05) is 25.2 Å². The first-order valence-electron chi connectivity index (χ1n) is 7.91. The number of thioether (sulfide) groups is 1. The van der Waals surface area contributed by atoms with Crippen LogP contribution in [0.2, 0.25) is 0 Å². The van der Waals surface area contributed by atoms with Crippen LogP contribution < -0.4 is 9.64 Å². The SMILES string of the molecule is CN1CCOc2cc(/C=C3\SC(=S)N(CCCC(=O)O)C3=O)ccc21. The molecule has 132 valence electrons. The highest BCUT2D eigenvalue weighted by atomic mass is 32.2. The summed E-state index contributed by atoms with van der Waals surface area (Å²) in [6.07, 6.45) is 2.20. The first kappa shape index (κ1) is 17.8. The van der Waals surface area contributed by atoms with Gasteiger partial charge in [0.05, 0.1) is 17.1 Å². The molecule has 6 nitrogen and oxygen atoms in total. The van der Waals surface area contributed by atoms with Crippen LogP contribution in [0, 0.1) is 0 Å². The van der Waals surface area contributed by atoms with E-state index in [0.717, 1.165) is 23.5 Å². The average molecular weight is 378 g/mol. The number of carbonyl (C=O) groups excluding carboxylic acids is 1. The van der Waals surface area contributed by atoms with Crippen molar-refractivity contribution < 1.29 is 19.4 Å². The number of carboxylic acid groups (broad SMARTS) is 1. The quantitative estimate of drug-likeness (QED) is 0.624. The summed E-state index contributed by atoms with van der Waals surface area (Å²) in [6, 6.07) is 5.84. The van der Waals surface area contributed by atoms with Crippen LogP contribution in [0.25, 0.3) is 6.08 Å². The van der Waals surface area contributed by atoms with Crippen LogP contribution in [0.3, 0.4) is 0 Å². The van der Waals surface area contributed by atoms with Gasteiger partial charge in [-0.15, -0.1) is 0 Å². The van der Waals surface area contributed by atoms with Crippen molar-refractivity contribution in [2.75, 3.05) is 31.6 Å². The van der Waals surface area contributed by atoms with E-state index in [1.54, 1.807) is 6.08 Å². The van der Waals surface area contributed by atoms with E-state index in [4.69, 9.17) is 22.1 Å². The second-order valence-electron chi connectivity index (χ2n) is 5.83. The van der Waals surface area contributed by atoms with Gasteiger partial charge in [0.2, 0.25) is 0 Å². The summed E-state index contributed by atoms with van der Waals surface area (Å²) in [5, 5.41) is 8.71. The lowest BCUT2D eigenvalue weighted by Gasteiger charge is -2.27. The number of hydrogen-bond acceptors (Lipinski definition) is 6. The summed E-state index contributed by atoms with van der Waals surface area (Å²) in [5.41, 5.74) is 1.91. The number of amides is 1. The van der Waals surface area contributed by atoms with E-state index in [0.29, 0.717) is 28.8 Å². The fourth-order valence-electron chi connectivity index (χ4n) is 2.70. The Labute approximate surface area is 155 Å². The topological polar surface area (TPSA) is 70.1 Å². The minimum absolute atomic E-state index is 0.0196. The molecule has 0 saturated carbocycles. The Kier molecular flexibility index (Phi) is 5.29. The molecule has 1 N–H and O–H groups in total. The molecule has 0 bridgehead atoms. The maximum absolute atomic E-state index is 12.5. The number of fused-ring (bicyclic) bond motifs is 1. The summed E-state index contributed by atoms with van der Waals surface area (Å²) in [7, 11) is 2.02. The Morgan fingerprint density at radius 2 is 2.28 bits per heavy atom. The summed E-state index contributed by atoms with van der Waals surface area (Å²) in [5.74, 6) is -0.240. The standard InChI is InChI=1S/C17H18N2O4S2/c1-18-7-8-23-13-9-11(4-5-12(13)18)10-14-16(22)19(17(24)25-14)6-2-3-15(20)21/h4-5,9-10H,2-3,6-8H2,1H3,(H,20,21)/b14-10-. The molecule has 2 aliphatic heterocycles. The van der Waals surface area contributed by atoms with Crippen molar-refractivity contribution in [1.82, 2.24) is 4.90 Å². The Bertz CT molecular complexity index is 763. The van der Waals surface area contributed by atoms with Gasteiger partial charge in [-0.2, -0.15) is 0 Å². The minimum Gasteiger partial charge on any atom is -0.490 e. The first-order valence-corrected chi connectivity index (χ1v) is 9.13. The number of carboxylic acids is 1. The molecule has 1 amide bonds. The predicted molar refractivity (Wildman–Crippen MR) is 102 cm³/mol. The molecule has 0 atom stereocenters. The van der Waals surface area contributed by atoms with Gasteiger partial charge < -0.3 is 14.7 Å². The zero-order valence-electron chi connectivity index (χ0n) is 13.7. The van der Waals surface area contributed by atoms with Gasteiger partial charge in [0.1, 0.15) is 16.7 Å². The number of aliphatic carboxylic acids is 1. The molecule has 0 unspecified atom stereocenters. The maximum Gasteiger partial charge on any atom is 0.303 e. The second kappa shape index (κ2) is 7.45. The summed E-state index contributed by atoms with van der Waals surface area (Å²) < 4.78 is 6.16. The van der Waals surface area contributed by atoms with Crippen LogP contribution in [-0.4, -0.2) is 52.9 Å². The Balaban J connectivity index is 1.74. The first-order chi connectivity index (χ1) is 12.0. The highest BCUT2D eigenvalue weighted by Crippen LogP contribution is 2.35. The molecule has 1 saturated heterocycles. The van der Waals surface area contributed by atoms with Gasteiger partial charge in [0.15, 0.2) is 0 Å². The zero-order chi connectivity index (χ0) is 18.0. The molecule has 0 aromatic heterocycles. The van der Waals surface area contributed by atoms with Crippen molar-refractivity contribution in [2.45, 2.75) is 12.8 Å². The molecule has 1 aromatic rings. The minimum atomic E-state index is -0.875. The summed E-state index contributed by atoms with van der Waals surface area (Å²) in [4.78, 5) is 27.3. The van der Waals surface area contributed by atoms with E-state index in [2.05, 4.69) is 4.90 Å². The van der Waals surface area contributed by atoms with Crippen LogP contribution >= 0.6 is 24.0 Å². The van der Waals surface area contributed by atoms with Gasteiger partial charge in [-0.3, -0.25) is 14.5 Å². The fourth-order valence-corrected chi connectivity index (χ4v) is 4.01. The number of benzene rings is 1. The molecule has 0 aliphatic carbocycles. The molecular weight excluding hydrogens is 360 g/mol. The van der Waals surface area contributed by atoms with E-state index in [-0.39, 0.29) is 12.3 Å². The number of rotatable bonds is 5. The van der Waals surface area contributed by atoms with Crippen LogP contribution in [0.5, 0.6) is 5.75 Å². The monoisotopic (exact) mass is 378 g/mol.